The van der Waals surface area contributed by atoms with Crippen LogP contribution in [-0.2, 0) is 0 Å². The van der Waals surface area contributed by atoms with Gasteiger partial charge >= 0.3 is 0 Å². The lowest BCUT2D eigenvalue weighted by molar-refractivity contribution is -0.890. The zero-order valence-electron chi connectivity index (χ0n) is 26.5. The number of hydrogen-bond donors (Lipinski definition) is 0. The number of rotatable bonds is 25. The first-order valence-electron chi connectivity index (χ1n) is 16.4. The molecule has 0 atom stereocenters. The molecular formula is C32H72NSi2+. The number of nitrogens with zero attached hydrogens (tertiary/aromatic N) is 1. The molecule has 0 bridgehead atoms. The molecular weight excluding hydrogens is 455 g/mol. The second kappa shape index (κ2) is 21.3. The molecule has 35 heavy (non-hydrogen) atoms. The molecule has 0 amide bonds. The number of hydrogen-bond acceptors (Lipinski definition) is 0. The molecule has 0 aliphatic heterocycles. The first-order valence-corrected chi connectivity index (χ1v) is 22.0. The third-order valence-electron chi connectivity index (χ3n) is 9.46. The van der Waals surface area contributed by atoms with E-state index in [4.69, 9.17) is 0 Å². The summed E-state index contributed by atoms with van der Waals surface area (Å²) in [7, 11) is 4.01. The molecule has 1 nitrogen and oxygen atoms in total. The van der Waals surface area contributed by atoms with Crippen molar-refractivity contribution >= 4 is 16.6 Å². The fraction of sp³-hybridized carbons (Fsp3) is 1.00. The van der Waals surface area contributed by atoms with Crippen molar-refractivity contribution in [3.8, 4) is 0 Å². The quantitative estimate of drug-likeness (QED) is 0.0630. The van der Waals surface area contributed by atoms with Gasteiger partial charge in [-0.25, -0.2) is 0 Å². The minimum absolute atomic E-state index is 0.0872. The van der Waals surface area contributed by atoms with Gasteiger partial charge in [0.1, 0.15) is 0 Å². The van der Waals surface area contributed by atoms with Gasteiger partial charge in [-0.2, -0.15) is 0 Å². The van der Waals surface area contributed by atoms with Crippen LogP contribution in [0.15, 0.2) is 0 Å². The van der Waals surface area contributed by atoms with Crippen LogP contribution in [0.1, 0.15) is 158 Å². The van der Waals surface area contributed by atoms with Crippen LogP contribution in [0, 0.1) is 0 Å². The minimum atomic E-state index is -1.06. The van der Waals surface area contributed by atoms with Gasteiger partial charge < -0.3 is 4.48 Å². The Morgan fingerprint density at radius 1 is 0.486 bits per heavy atom. The highest BCUT2D eigenvalue weighted by Crippen LogP contribution is 2.41. The first kappa shape index (κ1) is 35.4. The van der Waals surface area contributed by atoms with Crippen LogP contribution in [0.25, 0.3) is 0 Å². The van der Waals surface area contributed by atoms with Crippen molar-refractivity contribution in [2.24, 2.45) is 0 Å². The van der Waals surface area contributed by atoms with E-state index in [1.807, 2.05) is 0 Å². The van der Waals surface area contributed by atoms with Crippen LogP contribution in [0.4, 0.5) is 0 Å². The molecule has 0 unspecified atom stereocenters. The van der Waals surface area contributed by atoms with Gasteiger partial charge in [0.15, 0.2) is 0 Å². The Hall–Kier alpha value is 0.394. The van der Waals surface area contributed by atoms with Gasteiger partial charge in [0.2, 0.25) is 0 Å². The fourth-order valence-electron chi connectivity index (χ4n) is 7.04. The van der Waals surface area contributed by atoms with Crippen LogP contribution in [0.5, 0.6) is 0 Å². The zero-order valence-corrected chi connectivity index (χ0v) is 28.9. The molecule has 0 rings (SSSR count). The Morgan fingerprint density at radius 2 is 0.800 bits per heavy atom. The maximum Gasteiger partial charge on any atom is 0.0782 e. The molecule has 0 fully saturated rings. The molecule has 212 valence electrons. The maximum absolute atomic E-state index is 2.55. The predicted molar refractivity (Wildman–Crippen MR) is 170 cm³/mol. The molecule has 0 aliphatic carbocycles. The van der Waals surface area contributed by atoms with E-state index >= 15 is 0 Å². The molecule has 0 radical (unpaired) electrons. The van der Waals surface area contributed by atoms with Crippen LogP contribution in [0.2, 0.25) is 22.7 Å². The monoisotopic (exact) mass is 527 g/mol. The van der Waals surface area contributed by atoms with Gasteiger partial charge in [-0.05, 0) is 19.3 Å². The smallest absolute Gasteiger partial charge is 0.0782 e. The minimum Gasteiger partial charge on any atom is -0.328 e. The highest BCUT2D eigenvalue weighted by Gasteiger charge is 2.41. The summed E-state index contributed by atoms with van der Waals surface area (Å²) in [6.07, 6.45) is 24.9. The lowest BCUT2D eigenvalue weighted by Crippen LogP contribution is -2.51. The summed E-state index contributed by atoms with van der Waals surface area (Å²) >= 11 is 0. The van der Waals surface area contributed by atoms with Gasteiger partial charge in [0.05, 0.1) is 27.2 Å². The highest BCUT2D eigenvalue weighted by atomic mass is 29.2. The van der Waals surface area contributed by atoms with Crippen molar-refractivity contribution in [2.45, 2.75) is 180 Å². The van der Waals surface area contributed by atoms with Gasteiger partial charge in [0, 0.05) is 16.6 Å². The Balaban J connectivity index is 3.71. The van der Waals surface area contributed by atoms with E-state index in [2.05, 4.69) is 62.6 Å². The summed E-state index contributed by atoms with van der Waals surface area (Å²) in [4.78, 5) is 0. The summed E-state index contributed by atoms with van der Waals surface area (Å²) in [6, 6.07) is 1.60. The summed E-state index contributed by atoms with van der Waals surface area (Å²) < 4.78 is 1.26. The van der Waals surface area contributed by atoms with E-state index in [-0.39, 0.29) is 9.04 Å². The fourth-order valence-corrected chi connectivity index (χ4v) is 21.6. The number of unbranched alkanes of at least 4 members (excludes halogenated alkanes) is 15. The molecule has 0 N–H and O–H groups in total. The van der Waals surface area contributed by atoms with Crippen molar-refractivity contribution in [1.82, 2.24) is 0 Å². The molecule has 0 saturated heterocycles. The van der Waals surface area contributed by atoms with Crippen LogP contribution in [0.3, 0.4) is 0 Å². The molecule has 0 aliphatic rings. The van der Waals surface area contributed by atoms with E-state index in [9.17, 15) is 0 Å². The largest absolute Gasteiger partial charge is 0.328 e. The van der Waals surface area contributed by atoms with E-state index in [0.29, 0.717) is 0 Å². The molecule has 0 aromatic rings. The average Bonchev–Trinajstić information content (AvgIpc) is 2.78. The van der Waals surface area contributed by atoms with Crippen LogP contribution < -0.4 is 0 Å². The normalized spacial score (nSPS) is 13.4. The Kier molecular flexibility index (Phi) is 21.6. The SMILES string of the molecule is CCCCCCCCCCCCCCCCCC[N+](C)(C)CCC[SiH2][Si](C(C)C)(C(C)C)C(C)C. The Bertz CT molecular complexity index is 437. The highest BCUT2D eigenvalue weighted by molar-refractivity contribution is 7.26. The van der Waals surface area contributed by atoms with Crippen molar-refractivity contribution in [3.63, 3.8) is 0 Å². The van der Waals surface area contributed by atoms with Gasteiger partial charge in [-0.15, -0.1) is 0 Å². The molecule has 0 spiro atoms. The summed E-state index contributed by atoms with van der Waals surface area (Å²) in [6.45, 7) is 20.4. The number of quaternary nitrogens is 1. The lowest BCUT2D eigenvalue weighted by Gasteiger charge is -2.43. The van der Waals surface area contributed by atoms with E-state index in [1.165, 1.54) is 127 Å². The third-order valence-corrected chi connectivity index (χ3v) is 28.6. The van der Waals surface area contributed by atoms with Crippen molar-refractivity contribution in [2.75, 3.05) is 27.2 Å². The molecule has 0 heterocycles. The van der Waals surface area contributed by atoms with Crippen molar-refractivity contribution in [1.29, 1.82) is 0 Å². The standard InChI is InChI=1S/C32H72NSi2/c1-10-11-12-13-14-15-16-17-18-19-20-21-22-23-24-25-27-33(8,9)28-26-29-34-35(30(2)3,31(4)5)32(6)7/h30-32H,10-29,34H2,1-9H3/q+1. The predicted octanol–water partition coefficient (Wildman–Crippen LogP) is 10.5. The molecule has 3 heteroatoms. The summed E-state index contributed by atoms with van der Waals surface area (Å²) in [5.41, 5.74) is 2.92. The maximum atomic E-state index is 2.55. The Morgan fingerprint density at radius 3 is 1.14 bits per heavy atom. The van der Waals surface area contributed by atoms with Gasteiger partial charge in [0.25, 0.3) is 0 Å². The second-order valence-electron chi connectivity index (χ2n) is 13.7. The summed E-state index contributed by atoms with van der Waals surface area (Å²) in [5, 5.41) is 0. The van der Waals surface area contributed by atoms with E-state index in [1.54, 1.807) is 6.04 Å². The van der Waals surface area contributed by atoms with E-state index < -0.39 is 7.59 Å². The van der Waals surface area contributed by atoms with Gasteiger partial charge in [-0.3, -0.25) is 0 Å². The van der Waals surface area contributed by atoms with Crippen molar-refractivity contribution in [3.05, 3.63) is 0 Å². The molecule has 0 aromatic carbocycles. The average molecular weight is 527 g/mol. The van der Waals surface area contributed by atoms with Crippen LogP contribution in [-0.4, -0.2) is 48.3 Å². The lowest BCUT2D eigenvalue weighted by atomic mass is 10.0. The molecule has 0 aromatic heterocycles. The Labute approximate surface area is 228 Å². The zero-order chi connectivity index (χ0) is 26.6. The second-order valence-corrected chi connectivity index (χ2v) is 25.8. The first-order chi connectivity index (χ1) is 16.6. The van der Waals surface area contributed by atoms with Crippen LogP contribution >= 0.6 is 0 Å². The van der Waals surface area contributed by atoms with Gasteiger partial charge in [-0.1, -0.05) is 161 Å². The summed E-state index contributed by atoms with van der Waals surface area (Å²) in [5.74, 6) is 0. The third kappa shape index (κ3) is 16.8. The topological polar surface area (TPSA) is 0 Å². The van der Waals surface area contributed by atoms with Crippen molar-refractivity contribution < 1.29 is 4.48 Å². The van der Waals surface area contributed by atoms with E-state index in [0.717, 1.165) is 16.6 Å². The molecule has 0 saturated carbocycles.